The minimum atomic E-state index is -0.184. The maximum Gasteiger partial charge on any atom is 0.264 e. The molecule has 0 radical (unpaired) electrons. The topological polar surface area (TPSA) is 59.3 Å². The van der Waals surface area contributed by atoms with Gasteiger partial charge in [-0.15, -0.1) is 0 Å². The van der Waals surface area contributed by atoms with E-state index in [1.165, 1.54) is 11.8 Å². The monoisotopic (exact) mass is 436 g/mol. The molecule has 30 heavy (non-hydrogen) atoms. The van der Waals surface area contributed by atoms with E-state index in [0.717, 1.165) is 33.6 Å². The molecule has 152 valence electrons. The Balaban J connectivity index is 1.61. The third-order valence-corrected chi connectivity index (χ3v) is 6.17. The third-order valence-electron chi connectivity index (χ3n) is 4.86. The Labute approximate surface area is 184 Å². The van der Waals surface area contributed by atoms with Crippen LogP contribution >= 0.6 is 23.4 Å². The van der Waals surface area contributed by atoms with Gasteiger partial charge in [-0.05, 0) is 55.3 Å². The van der Waals surface area contributed by atoms with E-state index in [0.29, 0.717) is 21.8 Å². The van der Waals surface area contributed by atoms with Gasteiger partial charge in [0.15, 0.2) is 5.17 Å². The van der Waals surface area contributed by atoms with Crippen molar-refractivity contribution in [1.82, 2.24) is 15.1 Å². The van der Waals surface area contributed by atoms with E-state index in [1.54, 1.807) is 10.8 Å². The van der Waals surface area contributed by atoms with Crippen molar-refractivity contribution in [1.29, 1.82) is 0 Å². The van der Waals surface area contributed by atoms with Crippen LogP contribution in [0.1, 0.15) is 27.9 Å². The fourth-order valence-corrected chi connectivity index (χ4v) is 4.39. The van der Waals surface area contributed by atoms with E-state index in [9.17, 15) is 4.79 Å². The van der Waals surface area contributed by atoms with Crippen LogP contribution in [0.15, 0.2) is 58.4 Å². The fourth-order valence-electron chi connectivity index (χ4n) is 3.29. The van der Waals surface area contributed by atoms with Crippen LogP contribution in [-0.4, -0.2) is 20.9 Å². The number of benzene rings is 2. The van der Waals surface area contributed by atoms with Crippen molar-refractivity contribution in [2.75, 3.05) is 0 Å². The summed E-state index contributed by atoms with van der Waals surface area (Å²) < 4.78 is 1.75. The van der Waals surface area contributed by atoms with E-state index in [4.69, 9.17) is 11.6 Å². The Bertz CT molecular complexity index is 1160. The number of aryl methyl sites for hydroxylation is 3. The van der Waals surface area contributed by atoms with Gasteiger partial charge in [0.2, 0.25) is 0 Å². The molecule has 2 aromatic carbocycles. The van der Waals surface area contributed by atoms with Crippen molar-refractivity contribution >= 4 is 46.2 Å². The van der Waals surface area contributed by atoms with E-state index in [1.807, 2.05) is 69.3 Å². The number of hydrogen-bond acceptors (Lipinski definition) is 4. The van der Waals surface area contributed by atoms with Crippen LogP contribution in [0.5, 0.6) is 0 Å². The molecule has 1 N–H and O–H groups in total. The zero-order chi connectivity index (χ0) is 21.3. The van der Waals surface area contributed by atoms with Gasteiger partial charge in [0.05, 0.1) is 22.8 Å². The van der Waals surface area contributed by atoms with E-state index in [2.05, 4.69) is 15.4 Å². The lowest BCUT2D eigenvalue weighted by Crippen LogP contribution is -2.19. The number of nitrogens with zero attached hydrogens (tertiary/aromatic N) is 3. The van der Waals surface area contributed by atoms with Crippen molar-refractivity contribution in [2.45, 2.75) is 27.3 Å². The number of aliphatic imine (C=N–C) groups is 1. The number of para-hydroxylation sites is 1. The summed E-state index contributed by atoms with van der Waals surface area (Å²) in [5.74, 6) is -0.184. The number of nitrogens with one attached hydrogen (secondary N) is 1. The number of carbonyl (C=O) groups excluding carboxylic acids is 1. The number of amidine groups is 1. The van der Waals surface area contributed by atoms with Gasteiger partial charge in [0.1, 0.15) is 5.15 Å². The first kappa shape index (κ1) is 20.4. The van der Waals surface area contributed by atoms with Crippen LogP contribution < -0.4 is 5.32 Å². The first-order valence-corrected chi connectivity index (χ1v) is 10.7. The first-order chi connectivity index (χ1) is 14.4. The van der Waals surface area contributed by atoms with E-state index in [-0.39, 0.29) is 5.91 Å². The number of carbonyl (C=O) groups is 1. The molecule has 2 heterocycles. The molecule has 1 aromatic heterocycles. The molecule has 7 heteroatoms. The van der Waals surface area contributed by atoms with Crippen molar-refractivity contribution in [2.24, 2.45) is 4.99 Å². The first-order valence-electron chi connectivity index (χ1n) is 9.55. The van der Waals surface area contributed by atoms with Crippen LogP contribution in [-0.2, 0) is 11.3 Å². The molecule has 0 atom stereocenters. The Hall–Kier alpha value is -2.83. The van der Waals surface area contributed by atoms with Gasteiger partial charge in [0, 0.05) is 5.56 Å². The Morgan fingerprint density at radius 2 is 1.80 bits per heavy atom. The molecular formula is C23H21ClN4OS. The summed E-state index contributed by atoms with van der Waals surface area (Å²) in [5.41, 5.74) is 5.64. The highest BCUT2D eigenvalue weighted by Crippen LogP contribution is 2.32. The molecule has 1 fully saturated rings. The van der Waals surface area contributed by atoms with Gasteiger partial charge in [-0.1, -0.05) is 60.1 Å². The smallest absolute Gasteiger partial charge is 0.264 e. The number of hydrogen-bond donors (Lipinski definition) is 1. The standard InChI is InChI=1S/C23H21ClN4OS/c1-14-8-7-9-15(2)20(14)25-23-26-22(29)19(30-23)12-18-16(3)27-28(21(18)24)13-17-10-5-4-6-11-17/h4-12H,13H2,1-3H3,(H,25,26,29)/b19-12-. The Morgan fingerprint density at radius 3 is 2.50 bits per heavy atom. The molecule has 4 rings (SSSR count). The second-order valence-corrected chi connectivity index (χ2v) is 8.54. The molecule has 0 aliphatic carbocycles. The van der Waals surface area contributed by atoms with Gasteiger partial charge in [0.25, 0.3) is 5.91 Å². The predicted octanol–water partition coefficient (Wildman–Crippen LogP) is 5.40. The summed E-state index contributed by atoms with van der Waals surface area (Å²) >= 11 is 7.91. The summed E-state index contributed by atoms with van der Waals surface area (Å²) in [6.07, 6.45) is 1.79. The molecule has 1 amide bonds. The number of amides is 1. The van der Waals surface area contributed by atoms with Gasteiger partial charge >= 0.3 is 0 Å². The average molecular weight is 437 g/mol. The predicted molar refractivity (Wildman–Crippen MR) is 124 cm³/mol. The maximum absolute atomic E-state index is 12.5. The largest absolute Gasteiger partial charge is 0.300 e. The number of aromatic nitrogens is 2. The van der Waals surface area contributed by atoms with Gasteiger partial charge in [-0.2, -0.15) is 5.10 Å². The van der Waals surface area contributed by atoms with Crippen LogP contribution in [0, 0.1) is 20.8 Å². The van der Waals surface area contributed by atoms with Crippen LogP contribution in [0.4, 0.5) is 5.69 Å². The molecule has 0 unspecified atom stereocenters. The van der Waals surface area contributed by atoms with Gasteiger partial charge < -0.3 is 5.32 Å². The Morgan fingerprint density at radius 1 is 1.10 bits per heavy atom. The van der Waals surface area contributed by atoms with Crippen molar-refractivity contribution in [3.63, 3.8) is 0 Å². The second-order valence-electron chi connectivity index (χ2n) is 7.16. The molecule has 1 aliphatic heterocycles. The highest BCUT2D eigenvalue weighted by atomic mass is 35.5. The molecule has 5 nitrogen and oxygen atoms in total. The van der Waals surface area contributed by atoms with E-state index < -0.39 is 0 Å². The van der Waals surface area contributed by atoms with E-state index >= 15 is 0 Å². The molecule has 0 bridgehead atoms. The van der Waals surface area contributed by atoms with Crippen LogP contribution in [0.3, 0.4) is 0 Å². The molecule has 3 aromatic rings. The summed E-state index contributed by atoms with van der Waals surface area (Å²) in [6.45, 7) is 6.48. The number of thioether (sulfide) groups is 1. The van der Waals surface area contributed by atoms with Gasteiger partial charge in [-0.3, -0.25) is 4.79 Å². The lowest BCUT2D eigenvalue weighted by molar-refractivity contribution is -0.115. The average Bonchev–Trinajstić information content (AvgIpc) is 3.19. The third kappa shape index (κ3) is 4.20. The maximum atomic E-state index is 12.5. The zero-order valence-electron chi connectivity index (χ0n) is 16.9. The van der Waals surface area contributed by atoms with Gasteiger partial charge in [-0.25, -0.2) is 9.67 Å². The molecular weight excluding hydrogens is 416 g/mol. The summed E-state index contributed by atoms with van der Waals surface area (Å²) in [7, 11) is 0. The second kappa shape index (κ2) is 8.50. The van der Waals surface area contributed by atoms with Crippen LogP contribution in [0.25, 0.3) is 6.08 Å². The Kier molecular flexibility index (Phi) is 5.79. The SMILES string of the molecule is Cc1cccc(C)c1N=C1NC(=O)/C(=C/c2c(C)nn(Cc3ccccc3)c2Cl)S1. The summed E-state index contributed by atoms with van der Waals surface area (Å²) in [4.78, 5) is 17.7. The van der Waals surface area contributed by atoms with Crippen molar-refractivity contribution in [3.8, 4) is 0 Å². The zero-order valence-corrected chi connectivity index (χ0v) is 18.5. The van der Waals surface area contributed by atoms with Crippen molar-refractivity contribution in [3.05, 3.63) is 86.5 Å². The fraction of sp³-hybridized carbons (Fsp3) is 0.174. The molecule has 0 saturated carbocycles. The quantitative estimate of drug-likeness (QED) is 0.557. The molecule has 1 aliphatic rings. The summed E-state index contributed by atoms with van der Waals surface area (Å²) in [5, 5.41) is 8.48. The van der Waals surface area contributed by atoms with Crippen LogP contribution in [0.2, 0.25) is 5.15 Å². The lowest BCUT2D eigenvalue weighted by atomic mass is 10.1. The summed E-state index contributed by atoms with van der Waals surface area (Å²) in [6, 6.07) is 16.0. The highest BCUT2D eigenvalue weighted by molar-refractivity contribution is 8.18. The normalized spacial score (nSPS) is 16.5. The minimum absolute atomic E-state index is 0.184. The number of rotatable bonds is 4. The molecule has 0 spiro atoms. The van der Waals surface area contributed by atoms with Crippen molar-refractivity contribution < 1.29 is 4.79 Å². The lowest BCUT2D eigenvalue weighted by Gasteiger charge is -2.04. The number of halogens is 1. The highest BCUT2D eigenvalue weighted by Gasteiger charge is 2.25. The molecule has 1 saturated heterocycles. The minimum Gasteiger partial charge on any atom is -0.300 e.